The molecule has 0 saturated heterocycles. The van der Waals surface area contributed by atoms with Crippen molar-refractivity contribution in [3.05, 3.63) is 52.3 Å². The molecule has 1 heterocycles. The molecule has 0 aliphatic carbocycles. The molecule has 0 spiro atoms. The summed E-state index contributed by atoms with van der Waals surface area (Å²) in [6.45, 7) is 6.37. The predicted molar refractivity (Wildman–Crippen MR) is 90.4 cm³/mol. The van der Waals surface area contributed by atoms with Crippen LogP contribution in [-0.4, -0.2) is 29.3 Å². The molecule has 0 aliphatic heterocycles. The minimum atomic E-state index is -0.665. The van der Waals surface area contributed by atoms with E-state index in [2.05, 4.69) is 10.3 Å². The number of H-pyrrole nitrogens is 1. The van der Waals surface area contributed by atoms with Gasteiger partial charge in [0.05, 0.1) is 0 Å². The molecule has 1 amide bonds. The van der Waals surface area contributed by atoms with Gasteiger partial charge in [-0.1, -0.05) is 17.7 Å². The van der Waals surface area contributed by atoms with E-state index in [1.807, 2.05) is 19.1 Å². The van der Waals surface area contributed by atoms with Crippen molar-refractivity contribution in [3.63, 3.8) is 0 Å². The van der Waals surface area contributed by atoms with Crippen molar-refractivity contribution < 1.29 is 19.1 Å². The van der Waals surface area contributed by atoms with Gasteiger partial charge in [-0.05, 0) is 45.4 Å². The third-order valence-electron chi connectivity index (χ3n) is 3.66. The van der Waals surface area contributed by atoms with E-state index in [9.17, 15) is 14.4 Å². The van der Waals surface area contributed by atoms with Crippen LogP contribution in [0.4, 0.5) is 5.69 Å². The molecule has 6 heteroatoms. The number of nitrogens with one attached hydrogen (secondary N) is 2. The summed E-state index contributed by atoms with van der Waals surface area (Å²) in [5, 5.41) is 2.64. The summed E-state index contributed by atoms with van der Waals surface area (Å²) in [6, 6.07) is 7.28. The monoisotopic (exact) mass is 328 g/mol. The number of hydrogen-bond donors (Lipinski definition) is 2. The molecule has 0 saturated carbocycles. The van der Waals surface area contributed by atoms with Crippen LogP contribution in [-0.2, 0) is 9.53 Å². The molecule has 0 fully saturated rings. The van der Waals surface area contributed by atoms with Gasteiger partial charge in [0, 0.05) is 16.9 Å². The standard InChI is InChI=1S/C18H20N2O4/c1-10-5-7-14(8-6-10)20-15(22)9-24-18(23)17-11(2)16(13(4)21)12(3)19-17/h5-8,19H,9H2,1-4H3,(H,20,22). The molecule has 1 aromatic heterocycles. The molecule has 24 heavy (non-hydrogen) atoms. The van der Waals surface area contributed by atoms with E-state index in [4.69, 9.17) is 4.74 Å². The fourth-order valence-corrected chi connectivity index (χ4v) is 2.52. The number of carbonyl (C=O) groups excluding carboxylic acids is 3. The second-order valence-electron chi connectivity index (χ2n) is 5.67. The SMILES string of the molecule is CC(=O)c1c(C)[nH]c(C(=O)OCC(=O)Nc2ccc(C)cc2)c1C. The molecule has 0 aliphatic rings. The molecule has 6 nitrogen and oxygen atoms in total. The van der Waals surface area contributed by atoms with E-state index in [0.717, 1.165) is 5.56 Å². The van der Waals surface area contributed by atoms with Crippen LogP contribution in [0.25, 0.3) is 0 Å². The van der Waals surface area contributed by atoms with Crippen molar-refractivity contribution in [2.45, 2.75) is 27.7 Å². The molecule has 2 rings (SSSR count). The van der Waals surface area contributed by atoms with E-state index in [1.165, 1.54) is 6.92 Å². The van der Waals surface area contributed by atoms with Crippen molar-refractivity contribution >= 4 is 23.3 Å². The maximum atomic E-state index is 12.1. The fourth-order valence-electron chi connectivity index (χ4n) is 2.52. The molecule has 0 unspecified atom stereocenters. The predicted octanol–water partition coefficient (Wildman–Crippen LogP) is 2.94. The number of hydrogen-bond acceptors (Lipinski definition) is 4. The largest absolute Gasteiger partial charge is 0.451 e. The maximum Gasteiger partial charge on any atom is 0.355 e. The van der Waals surface area contributed by atoms with E-state index >= 15 is 0 Å². The normalized spacial score (nSPS) is 10.3. The first kappa shape index (κ1) is 17.5. The van der Waals surface area contributed by atoms with Crippen LogP contribution in [0.5, 0.6) is 0 Å². The fraction of sp³-hybridized carbons (Fsp3) is 0.278. The lowest BCUT2D eigenvalue weighted by Crippen LogP contribution is -2.21. The average molecular weight is 328 g/mol. The number of ether oxygens (including phenoxy) is 1. The minimum Gasteiger partial charge on any atom is -0.451 e. The van der Waals surface area contributed by atoms with Crippen LogP contribution >= 0.6 is 0 Å². The summed E-state index contributed by atoms with van der Waals surface area (Å²) in [7, 11) is 0. The Hall–Kier alpha value is -2.89. The van der Waals surface area contributed by atoms with Gasteiger partial charge in [0.2, 0.25) is 0 Å². The lowest BCUT2D eigenvalue weighted by molar-refractivity contribution is -0.119. The lowest BCUT2D eigenvalue weighted by Gasteiger charge is -2.07. The van der Waals surface area contributed by atoms with Gasteiger partial charge in [0.15, 0.2) is 12.4 Å². The van der Waals surface area contributed by atoms with Gasteiger partial charge < -0.3 is 15.0 Å². The number of anilines is 1. The van der Waals surface area contributed by atoms with Gasteiger partial charge in [-0.15, -0.1) is 0 Å². The summed E-state index contributed by atoms with van der Waals surface area (Å²) in [5.74, 6) is -1.22. The zero-order valence-corrected chi connectivity index (χ0v) is 14.1. The van der Waals surface area contributed by atoms with Crippen molar-refractivity contribution in [1.82, 2.24) is 4.98 Å². The summed E-state index contributed by atoms with van der Waals surface area (Å²) >= 11 is 0. The van der Waals surface area contributed by atoms with Gasteiger partial charge in [-0.2, -0.15) is 0 Å². The number of amides is 1. The molecule has 0 atom stereocenters. The number of carbonyl (C=O) groups is 3. The summed E-state index contributed by atoms with van der Waals surface area (Å²) < 4.78 is 5.02. The third kappa shape index (κ3) is 3.90. The molecule has 2 N–H and O–H groups in total. The first-order valence-corrected chi connectivity index (χ1v) is 7.53. The highest BCUT2D eigenvalue weighted by atomic mass is 16.5. The Morgan fingerprint density at radius 2 is 1.71 bits per heavy atom. The second kappa shape index (κ2) is 7.12. The highest BCUT2D eigenvalue weighted by molar-refractivity contribution is 6.01. The van der Waals surface area contributed by atoms with Gasteiger partial charge in [0.25, 0.3) is 5.91 Å². The number of ketones is 1. The van der Waals surface area contributed by atoms with E-state index < -0.39 is 18.5 Å². The van der Waals surface area contributed by atoms with Crippen LogP contribution < -0.4 is 5.32 Å². The molecule has 126 valence electrons. The number of aromatic amines is 1. The first-order chi connectivity index (χ1) is 11.3. The van der Waals surface area contributed by atoms with Gasteiger partial charge in [0.1, 0.15) is 5.69 Å². The van der Waals surface area contributed by atoms with Crippen LogP contribution in [0.1, 0.15) is 44.6 Å². The summed E-state index contributed by atoms with van der Waals surface area (Å²) in [6.07, 6.45) is 0. The maximum absolute atomic E-state index is 12.1. The lowest BCUT2D eigenvalue weighted by atomic mass is 10.1. The van der Waals surface area contributed by atoms with Crippen molar-refractivity contribution in [2.24, 2.45) is 0 Å². The van der Waals surface area contributed by atoms with Gasteiger partial charge >= 0.3 is 5.97 Å². The average Bonchev–Trinajstić information content (AvgIpc) is 2.82. The van der Waals surface area contributed by atoms with Crippen LogP contribution in [0, 0.1) is 20.8 Å². The molecular formula is C18H20N2O4. The Balaban J connectivity index is 1.98. The number of aryl methyl sites for hydroxylation is 2. The molecule has 0 bridgehead atoms. The van der Waals surface area contributed by atoms with Crippen LogP contribution in [0.3, 0.4) is 0 Å². The van der Waals surface area contributed by atoms with Gasteiger partial charge in [-0.25, -0.2) is 4.79 Å². The van der Waals surface area contributed by atoms with E-state index in [1.54, 1.807) is 26.0 Å². The van der Waals surface area contributed by atoms with E-state index in [0.29, 0.717) is 22.5 Å². The molecular weight excluding hydrogens is 308 g/mol. The second-order valence-corrected chi connectivity index (χ2v) is 5.67. The number of rotatable bonds is 5. The summed E-state index contributed by atoms with van der Waals surface area (Å²) in [5.41, 5.74) is 3.53. The van der Waals surface area contributed by atoms with Crippen molar-refractivity contribution in [2.75, 3.05) is 11.9 Å². The zero-order valence-electron chi connectivity index (χ0n) is 14.1. The Morgan fingerprint density at radius 1 is 1.08 bits per heavy atom. The smallest absolute Gasteiger partial charge is 0.355 e. The van der Waals surface area contributed by atoms with Crippen LogP contribution in [0.15, 0.2) is 24.3 Å². The zero-order chi connectivity index (χ0) is 17.9. The highest BCUT2D eigenvalue weighted by Gasteiger charge is 2.21. The third-order valence-corrected chi connectivity index (χ3v) is 3.66. The van der Waals surface area contributed by atoms with Gasteiger partial charge in [-0.3, -0.25) is 9.59 Å². The summed E-state index contributed by atoms with van der Waals surface area (Å²) in [4.78, 5) is 38.4. The van der Waals surface area contributed by atoms with Crippen molar-refractivity contribution in [3.8, 4) is 0 Å². The molecule has 2 aromatic rings. The highest BCUT2D eigenvalue weighted by Crippen LogP contribution is 2.19. The number of benzene rings is 1. The topological polar surface area (TPSA) is 88.3 Å². The molecule has 0 radical (unpaired) electrons. The Labute approximate surface area is 140 Å². The number of Topliss-reactive ketones (excluding diaryl/α,β-unsaturated/α-hetero) is 1. The first-order valence-electron chi connectivity index (χ1n) is 7.53. The Bertz CT molecular complexity index is 788. The number of esters is 1. The Morgan fingerprint density at radius 3 is 2.25 bits per heavy atom. The quantitative estimate of drug-likeness (QED) is 0.652. The molecule has 1 aromatic carbocycles. The van der Waals surface area contributed by atoms with Crippen LogP contribution in [0.2, 0.25) is 0 Å². The Kier molecular flexibility index (Phi) is 5.18. The number of aromatic nitrogens is 1. The van der Waals surface area contributed by atoms with E-state index in [-0.39, 0.29) is 11.5 Å². The van der Waals surface area contributed by atoms with Crippen molar-refractivity contribution in [1.29, 1.82) is 0 Å². The minimum absolute atomic E-state index is 0.127.